The van der Waals surface area contributed by atoms with Crippen LogP contribution in [0.2, 0.25) is 0 Å². The number of nitrogens with zero attached hydrogens (tertiary/aromatic N) is 2. The van der Waals surface area contributed by atoms with Crippen LogP contribution < -0.4 is 0 Å². The van der Waals surface area contributed by atoms with E-state index in [0.29, 0.717) is 9.37 Å². The molecule has 0 saturated heterocycles. The molecule has 0 aromatic rings. The zero-order chi connectivity index (χ0) is 12.6. The second-order valence-electron chi connectivity index (χ2n) is 2.37. The molecule has 0 fully saturated rings. The lowest BCUT2D eigenvalue weighted by Crippen LogP contribution is -2.33. The number of aliphatic hydroxyl groups excluding tert-OH is 2. The lowest BCUT2D eigenvalue weighted by atomic mass is 10.7. The largest absolute Gasteiger partial charge is 0.464 e. The molecule has 4 N–H and O–H groups in total. The Kier molecular flexibility index (Phi) is 7.37. The molecule has 0 rings (SSSR count). The molecule has 0 atom stereocenters. The minimum atomic E-state index is -1.46. The zero-order valence-electron chi connectivity index (χ0n) is 8.14. The minimum absolute atomic E-state index is 0.230. The molecule has 94 valence electrons. The molecule has 0 bridgehead atoms. The molecule has 0 unspecified atom stereocenters. The topological polar surface area (TPSA) is 131 Å². The van der Waals surface area contributed by atoms with Gasteiger partial charge in [-0.25, -0.2) is 13.9 Å². The molecular formula is C6H12N2O7S. The van der Waals surface area contributed by atoms with Crippen LogP contribution in [0.5, 0.6) is 0 Å². The lowest BCUT2D eigenvalue weighted by Gasteiger charge is -2.20. The maximum absolute atomic E-state index is 10.5. The Morgan fingerprint density at radius 3 is 2.00 bits per heavy atom. The highest BCUT2D eigenvalue weighted by molar-refractivity contribution is 7.92. The van der Waals surface area contributed by atoms with E-state index in [1.54, 1.807) is 0 Å². The van der Waals surface area contributed by atoms with Gasteiger partial charge in [-0.2, -0.15) is 9.35 Å². The van der Waals surface area contributed by atoms with Gasteiger partial charge >= 0.3 is 12.2 Å². The Balaban J connectivity index is 4.14. The van der Waals surface area contributed by atoms with Gasteiger partial charge in [0.25, 0.3) is 0 Å². The van der Waals surface area contributed by atoms with E-state index in [4.69, 9.17) is 20.4 Å². The number of amides is 2. The average Bonchev–Trinajstić information content (AvgIpc) is 2.21. The van der Waals surface area contributed by atoms with Gasteiger partial charge in [-0.05, 0) is 0 Å². The average molecular weight is 256 g/mol. The first-order valence-corrected chi connectivity index (χ1v) is 4.80. The van der Waals surface area contributed by atoms with Crippen molar-refractivity contribution < 1.29 is 34.3 Å². The maximum Gasteiger partial charge on any atom is 0.432 e. The van der Waals surface area contributed by atoms with Gasteiger partial charge in [0, 0.05) is 0 Å². The highest BCUT2D eigenvalue weighted by Gasteiger charge is 2.18. The fourth-order valence-corrected chi connectivity index (χ4v) is 1.11. The molecule has 0 aromatic heterocycles. The fourth-order valence-electron chi connectivity index (χ4n) is 0.592. The molecule has 9 nitrogen and oxygen atoms in total. The summed E-state index contributed by atoms with van der Waals surface area (Å²) in [5, 5.41) is 34.5. The second-order valence-corrected chi connectivity index (χ2v) is 3.10. The normalized spacial score (nSPS) is 9.88. The van der Waals surface area contributed by atoms with Crippen LogP contribution in [0.15, 0.2) is 0 Å². The summed E-state index contributed by atoms with van der Waals surface area (Å²) in [5.74, 6) is 0. The van der Waals surface area contributed by atoms with E-state index in [1.165, 1.54) is 0 Å². The van der Waals surface area contributed by atoms with E-state index in [9.17, 15) is 9.59 Å². The van der Waals surface area contributed by atoms with Gasteiger partial charge in [0.15, 0.2) is 0 Å². The van der Waals surface area contributed by atoms with Gasteiger partial charge in [0.05, 0.1) is 26.3 Å². The maximum atomic E-state index is 10.5. The summed E-state index contributed by atoms with van der Waals surface area (Å²) in [6, 6.07) is 0. The van der Waals surface area contributed by atoms with Crippen molar-refractivity contribution in [3.63, 3.8) is 0 Å². The summed E-state index contributed by atoms with van der Waals surface area (Å²) in [7, 11) is 0. The summed E-state index contributed by atoms with van der Waals surface area (Å²) in [4.78, 5) is 21.0. The summed E-state index contributed by atoms with van der Waals surface area (Å²) in [5.41, 5.74) is 0. The number of carboxylic acid groups (broad SMARTS) is 2. The molecule has 0 aromatic carbocycles. The molecule has 0 saturated carbocycles. The fraction of sp³-hybridized carbons (Fsp3) is 0.667. The van der Waals surface area contributed by atoms with Crippen LogP contribution in [-0.4, -0.2) is 68.3 Å². The summed E-state index contributed by atoms with van der Waals surface area (Å²) < 4.78 is 5.15. The van der Waals surface area contributed by atoms with Crippen molar-refractivity contribution in [1.29, 1.82) is 0 Å². The first kappa shape index (κ1) is 14.8. The molecule has 0 heterocycles. The van der Waals surface area contributed by atoms with Crippen molar-refractivity contribution >= 4 is 24.4 Å². The van der Waals surface area contributed by atoms with Crippen molar-refractivity contribution in [3.05, 3.63) is 0 Å². The standard InChI is InChI=1S/C6H12N2O7S/c9-3-1-7(5(11)12)15-16-8(2-4-10)6(13)14/h9-10H,1-4H2,(H,11,12)(H,13,14). The lowest BCUT2D eigenvalue weighted by molar-refractivity contribution is -0.0306. The highest BCUT2D eigenvalue weighted by atomic mass is 32.2. The van der Waals surface area contributed by atoms with Crippen LogP contribution in [0.4, 0.5) is 9.59 Å². The van der Waals surface area contributed by atoms with E-state index in [0.717, 1.165) is 0 Å². The van der Waals surface area contributed by atoms with Crippen molar-refractivity contribution in [2.24, 2.45) is 0 Å². The second kappa shape index (κ2) is 7.98. The quantitative estimate of drug-likeness (QED) is 0.270. The first-order chi connectivity index (χ1) is 7.52. The molecule has 2 amide bonds. The first-order valence-electron chi connectivity index (χ1n) is 4.10. The van der Waals surface area contributed by atoms with Gasteiger partial charge in [-0.15, -0.1) is 0 Å². The van der Waals surface area contributed by atoms with E-state index in [2.05, 4.69) is 4.28 Å². The van der Waals surface area contributed by atoms with Crippen LogP contribution in [-0.2, 0) is 4.28 Å². The van der Waals surface area contributed by atoms with Crippen LogP contribution in [0, 0.1) is 0 Å². The Hall–Kier alpha value is -1.23. The number of aliphatic hydroxyl groups is 2. The molecule has 0 spiro atoms. The number of hydrogen-bond acceptors (Lipinski definition) is 6. The molecule has 0 radical (unpaired) electrons. The van der Waals surface area contributed by atoms with Crippen molar-refractivity contribution in [2.75, 3.05) is 26.3 Å². The van der Waals surface area contributed by atoms with Gasteiger partial charge in [-0.3, -0.25) is 0 Å². The number of hydroxylamine groups is 2. The summed E-state index contributed by atoms with van der Waals surface area (Å²) in [6.07, 6.45) is -2.84. The monoisotopic (exact) mass is 256 g/mol. The third-order valence-corrected chi connectivity index (χ3v) is 2.01. The van der Waals surface area contributed by atoms with Gasteiger partial charge < -0.3 is 20.4 Å². The third kappa shape index (κ3) is 5.60. The number of hydrogen-bond donors (Lipinski definition) is 4. The van der Waals surface area contributed by atoms with Gasteiger partial charge in [0.1, 0.15) is 12.2 Å². The van der Waals surface area contributed by atoms with E-state index in [-0.39, 0.29) is 25.3 Å². The molecule has 16 heavy (non-hydrogen) atoms. The van der Waals surface area contributed by atoms with Crippen LogP contribution in [0.25, 0.3) is 0 Å². The number of rotatable bonds is 7. The Morgan fingerprint density at radius 1 is 1.06 bits per heavy atom. The highest BCUT2D eigenvalue weighted by Crippen LogP contribution is 2.13. The van der Waals surface area contributed by atoms with Crippen molar-refractivity contribution in [2.45, 2.75) is 0 Å². The predicted octanol–water partition coefficient (Wildman–Crippen LogP) is -0.574. The van der Waals surface area contributed by atoms with Crippen molar-refractivity contribution in [1.82, 2.24) is 9.37 Å². The third-order valence-electron chi connectivity index (χ3n) is 1.25. The SMILES string of the molecule is O=C(O)N(CCO)OSN(CCO)C(=O)O. The molecular weight excluding hydrogens is 244 g/mol. The van der Waals surface area contributed by atoms with Crippen LogP contribution in [0.1, 0.15) is 0 Å². The van der Waals surface area contributed by atoms with E-state index >= 15 is 0 Å². The predicted molar refractivity (Wildman–Crippen MR) is 52.3 cm³/mol. The van der Waals surface area contributed by atoms with Crippen LogP contribution >= 0.6 is 12.2 Å². The molecule has 0 aliphatic heterocycles. The zero-order valence-corrected chi connectivity index (χ0v) is 8.96. The molecule has 0 aliphatic rings. The van der Waals surface area contributed by atoms with Gasteiger partial charge in [0.2, 0.25) is 0 Å². The molecule has 0 aliphatic carbocycles. The molecule has 10 heteroatoms. The summed E-state index contributed by atoms with van der Waals surface area (Å²) >= 11 is 0.238. The Bertz CT molecular complexity index is 215. The number of carbonyl (C=O) groups is 2. The van der Waals surface area contributed by atoms with Gasteiger partial charge in [-0.1, -0.05) is 0 Å². The smallest absolute Gasteiger partial charge is 0.432 e. The van der Waals surface area contributed by atoms with Crippen LogP contribution in [0.3, 0.4) is 0 Å². The minimum Gasteiger partial charge on any atom is -0.464 e. The Morgan fingerprint density at radius 2 is 1.62 bits per heavy atom. The van der Waals surface area contributed by atoms with Crippen molar-refractivity contribution in [3.8, 4) is 0 Å². The Labute approximate surface area is 95.1 Å². The van der Waals surface area contributed by atoms with E-state index < -0.39 is 25.4 Å². The summed E-state index contributed by atoms with van der Waals surface area (Å²) in [6.45, 7) is -1.42. The van der Waals surface area contributed by atoms with E-state index in [1.807, 2.05) is 0 Å².